The molecule has 0 spiro atoms. The summed E-state index contributed by atoms with van der Waals surface area (Å²) in [6, 6.07) is 13.3. The fraction of sp³-hybridized carbons (Fsp3) is 0.250. The Balaban J connectivity index is 1.73. The smallest absolute Gasteiger partial charge is 0.161 e. The molecule has 0 saturated carbocycles. The molecule has 0 aliphatic rings. The van der Waals surface area contributed by atoms with E-state index in [0.29, 0.717) is 16.7 Å². The van der Waals surface area contributed by atoms with E-state index in [9.17, 15) is 0 Å². The first-order valence-corrected chi connectivity index (χ1v) is 9.09. The molecule has 4 nitrogen and oxygen atoms in total. The number of halogens is 2. The molecule has 1 aromatic heterocycles. The molecule has 26 heavy (non-hydrogen) atoms. The quantitative estimate of drug-likeness (QED) is 0.512. The highest BCUT2D eigenvalue weighted by Crippen LogP contribution is 2.32. The van der Waals surface area contributed by atoms with Crippen LogP contribution in [0.5, 0.6) is 11.5 Å². The third kappa shape index (κ3) is 4.71. The number of benzene rings is 2. The summed E-state index contributed by atoms with van der Waals surface area (Å²) in [5.74, 6) is 1.63. The van der Waals surface area contributed by atoms with Crippen LogP contribution >= 0.6 is 23.2 Å². The third-order valence-corrected chi connectivity index (χ3v) is 4.75. The van der Waals surface area contributed by atoms with E-state index in [0.717, 1.165) is 30.0 Å². The molecule has 3 rings (SSSR count). The number of hydrogen-bond acceptors (Lipinski definition) is 3. The van der Waals surface area contributed by atoms with Crippen molar-refractivity contribution in [2.24, 2.45) is 0 Å². The summed E-state index contributed by atoms with van der Waals surface area (Å²) in [4.78, 5) is 4.12. The maximum atomic E-state index is 6.44. The second kappa shape index (κ2) is 8.97. The van der Waals surface area contributed by atoms with Crippen LogP contribution in [0.2, 0.25) is 10.0 Å². The van der Waals surface area contributed by atoms with E-state index in [4.69, 9.17) is 32.7 Å². The van der Waals surface area contributed by atoms with Gasteiger partial charge in [-0.25, -0.2) is 4.98 Å². The molecule has 0 amide bonds. The van der Waals surface area contributed by atoms with E-state index in [-0.39, 0.29) is 5.92 Å². The number of rotatable bonds is 8. The largest absolute Gasteiger partial charge is 0.493 e. The maximum absolute atomic E-state index is 6.44. The lowest BCUT2D eigenvalue weighted by molar-refractivity contribution is 0.274. The lowest BCUT2D eigenvalue weighted by atomic mass is 9.95. The van der Waals surface area contributed by atoms with Crippen LogP contribution < -0.4 is 9.47 Å². The lowest BCUT2D eigenvalue weighted by Crippen LogP contribution is -2.13. The van der Waals surface area contributed by atoms with E-state index in [1.807, 2.05) is 47.2 Å². The van der Waals surface area contributed by atoms with Gasteiger partial charge in [0.05, 0.1) is 20.0 Å². The normalized spacial score (nSPS) is 12.0. The van der Waals surface area contributed by atoms with Crippen molar-refractivity contribution >= 4 is 23.2 Å². The van der Waals surface area contributed by atoms with E-state index in [1.54, 1.807) is 25.7 Å². The number of hydrogen-bond donors (Lipinski definition) is 0. The number of nitrogens with zero attached hydrogens (tertiary/aromatic N) is 2. The fourth-order valence-electron chi connectivity index (χ4n) is 2.88. The number of methoxy groups -OCH3 is 1. The van der Waals surface area contributed by atoms with Crippen LogP contribution in [0, 0.1) is 0 Å². The molecule has 0 aliphatic heterocycles. The molecule has 0 bridgehead atoms. The molecule has 3 aromatic rings. The average Bonchev–Trinajstić information content (AvgIpc) is 3.14. The van der Waals surface area contributed by atoms with Crippen molar-refractivity contribution in [2.45, 2.75) is 18.9 Å². The van der Waals surface area contributed by atoms with Crippen LogP contribution in [0.15, 0.2) is 61.2 Å². The van der Waals surface area contributed by atoms with Crippen LogP contribution in [-0.4, -0.2) is 23.3 Å². The van der Waals surface area contributed by atoms with Crippen LogP contribution in [0.4, 0.5) is 0 Å². The first kappa shape index (κ1) is 18.6. The van der Waals surface area contributed by atoms with Gasteiger partial charge in [0.25, 0.3) is 0 Å². The Bertz CT molecular complexity index is 838. The summed E-state index contributed by atoms with van der Waals surface area (Å²) in [5.41, 5.74) is 1.05. The van der Waals surface area contributed by atoms with Crippen LogP contribution in [0.25, 0.3) is 0 Å². The summed E-state index contributed by atoms with van der Waals surface area (Å²) in [5, 5.41) is 1.30. The van der Waals surface area contributed by atoms with Gasteiger partial charge in [-0.15, -0.1) is 0 Å². The van der Waals surface area contributed by atoms with Crippen molar-refractivity contribution in [3.05, 3.63) is 76.8 Å². The van der Waals surface area contributed by atoms with Gasteiger partial charge in [-0.05, 0) is 36.2 Å². The van der Waals surface area contributed by atoms with Crippen LogP contribution in [0.3, 0.4) is 0 Å². The highest BCUT2D eigenvalue weighted by molar-refractivity contribution is 6.35. The van der Waals surface area contributed by atoms with Gasteiger partial charge in [0.1, 0.15) is 0 Å². The molecule has 0 saturated heterocycles. The molecule has 6 heteroatoms. The van der Waals surface area contributed by atoms with Crippen molar-refractivity contribution < 1.29 is 9.47 Å². The van der Waals surface area contributed by atoms with E-state index in [1.165, 1.54) is 0 Å². The maximum Gasteiger partial charge on any atom is 0.161 e. The molecule has 0 aliphatic carbocycles. The summed E-state index contributed by atoms with van der Waals surface area (Å²) in [6.45, 7) is 1.30. The van der Waals surface area contributed by atoms with Gasteiger partial charge >= 0.3 is 0 Å². The number of ether oxygens (including phenoxy) is 2. The van der Waals surface area contributed by atoms with Gasteiger partial charge in [-0.3, -0.25) is 0 Å². The van der Waals surface area contributed by atoms with E-state index < -0.39 is 0 Å². The summed E-state index contributed by atoms with van der Waals surface area (Å²) >= 11 is 12.5. The predicted molar refractivity (Wildman–Crippen MR) is 105 cm³/mol. The Labute approximate surface area is 163 Å². The summed E-state index contributed by atoms with van der Waals surface area (Å²) < 4.78 is 13.3. The van der Waals surface area contributed by atoms with Crippen LogP contribution in [-0.2, 0) is 6.54 Å². The number of aromatic nitrogens is 2. The lowest BCUT2D eigenvalue weighted by Gasteiger charge is -2.20. The zero-order valence-electron chi connectivity index (χ0n) is 14.4. The van der Waals surface area contributed by atoms with E-state index in [2.05, 4.69) is 4.98 Å². The molecular weight excluding hydrogens is 371 g/mol. The second-order valence-electron chi connectivity index (χ2n) is 5.91. The fourth-order valence-corrected chi connectivity index (χ4v) is 3.44. The highest BCUT2D eigenvalue weighted by atomic mass is 35.5. The molecule has 2 aromatic carbocycles. The van der Waals surface area contributed by atoms with Gasteiger partial charge < -0.3 is 14.0 Å². The zero-order chi connectivity index (χ0) is 18.4. The van der Waals surface area contributed by atoms with Crippen molar-refractivity contribution in [2.75, 3.05) is 13.7 Å². The molecule has 1 heterocycles. The predicted octanol–water partition coefficient (Wildman–Crippen LogP) is 5.45. The number of imidazole rings is 1. The zero-order valence-corrected chi connectivity index (χ0v) is 16.0. The molecule has 0 N–H and O–H groups in total. The van der Waals surface area contributed by atoms with Crippen molar-refractivity contribution in [1.82, 2.24) is 9.55 Å². The highest BCUT2D eigenvalue weighted by Gasteiger charge is 2.17. The standard InChI is InChI=1S/C20H20Cl2N2O2/c1-25-19-4-2-3-5-20(19)26-11-8-15(13-24-10-9-23-14-24)17-7-6-16(21)12-18(17)22/h2-7,9-10,12,14-15H,8,11,13H2,1H3. The molecular formula is C20H20Cl2N2O2. The summed E-state index contributed by atoms with van der Waals surface area (Å²) in [7, 11) is 1.64. The molecule has 0 radical (unpaired) electrons. The Kier molecular flexibility index (Phi) is 6.42. The topological polar surface area (TPSA) is 36.3 Å². The average molecular weight is 391 g/mol. The van der Waals surface area contributed by atoms with Gasteiger partial charge in [0, 0.05) is 34.9 Å². The minimum atomic E-state index is 0.170. The van der Waals surface area contributed by atoms with Gasteiger partial charge in [0.2, 0.25) is 0 Å². The SMILES string of the molecule is COc1ccccc1OCCC(Cn1ccnc1)c1ccc(Cl)cc1Cl. The minimum absolute atomic E-state index is 0.170. The summed E-state index contributed by atoms with van der Waals surface area (Å²) in [6.07, 6.45) is 6.30. The van der Waals surface area contributed by atoms with Crippen molar-refractivity contribution in [1.29, 1.82) is 0 Å². The second-order valence-corrected chi connectivity index (χ2v) is 6.75. The first-order chi connectivity index (χ1) is 12.7. The Morgan fingerprint density at radius 3 is 2.62 bits per heavy atom. The van der Waals surface area contributed by atoms with Gasteiger partial charge in [-0.2, -0.15) is 0 Å². The first-order valence-electron chi connectivity index (χ1n) is 8.34. The molecule has 0 fully saturated rings. The monoisotopic (exact) mass is 390 g/mol. The Morgan fingerprint density at radius 2 is 1.92 bits per heavy atom. The molecule has 136 valence electrons. The van der Waals surface area contributed by atoms with E-state index >= 15 is 0 Å². The molecule has 1 unspecified atom stereocenters. The van der Waals surface area contributed by atoms with Crippen LogP contribution in [0.1, 0.15) is 17.9 Å². The Morgan fingerprint density at radius 1 is 1.12 bits per heavy atom. The third-order valence-electron chi connectivity index (χ3n) is 4.19. The van der Waals surface area contributed by atoms with Crippen molar-refractivity contribution in [3.63, 3.8) is 0 Å². The Hall–Kier alpha value is -2.17. The molecule has 1 atom stereocenters. The number of para-hydroxylation sites is 2. The van der Waals surface area contributed by atoms with Gasteiger partial charge in [0.15, 0.2) is 11.5 Å². The van der Waals surface area contributed by atoms with Crippen molar-refractivity contribution in [3.8, 4) is 11.5 Å². The minimum Gasteiger partial charge on any atom is -0.493 e. The van der Waals surface area contributed by atoms with Gasteiger partial charge in [-0.1, -0.05) is 41.4 Å².